The van der Waals surface area contributed by atoms with Crippen molar-refractivity contribution in [2.45, 2.75) is 12.8 Å². The van der Waals surface area contributed by atoms with Crippen LogP contribution in [-0.2, 0) is 11.2 Å². The van der Waals surface area contributed by atoms with Gasteiger partial charge in [-0.2, -0.15) is 0 Å². The van der Waals surface area contributed by atoms with Crippen LogP contribution in [0.3, 0.4) is 0 Å². The molecule has 0 saturated heterocycles. The first-order chi connectivity index (χ1) is 8.27. The maximum Gasteiger partial charge on any atom is 0.218 e. The molecule has 0 unspecified atom stereocenters. The summed E-state index contributed by atoms with van der Waals surface area (Å²) in [6.45, 7) is 1.51. The molecule has 0 spiro atoms. The van der Waals surface area contributed by atoms with Crippen molar-refractivity contribution in [3.63, 3.8) is 0 Å². The maximum atomic E-state index is 10.5. The summed E-state index contributed by atoms with van der Waals surface area (Å²) in [5.41, 5.74) is 7.52. The van der Waals surface area contributed by atoms with Gasteiger partial charge in [-0.25, -0.2) is 0 Å². The van der Waals surface area contributed by atoms with Gasteiger partial charge in [-0.05, 0) is 24.6 Å². The van der Waals surface area contributed by atoms with Gasteiger partial charge in [0.25, 0.3) is 0 Å². The number of fused-ring (bicyclic) bond motifs is 1. The molecule has 90 valence electrons. The van der Waals surface area contributed by atoms with E-state index in [9.17, 15) is 4.79 Å². The molecule has 1 heterocycles. The van der Waals surface area contributed by atoms with Gasteiger partial charge in [-0.3, -0.25) is 4.79 Å². The first-order valence-corrected chi connectivity index (χ1v) is 5.81. The molecule has 0 saturated carbocycles. The number of carbonyl (C=O) groups is 1. The fraction of sp³-hybridized carbons (Fsp3) is 0.308. The molecule has 0 radical (unpaired) electrons. The molecule has 0 aliphatic heterocycles. The van der Waals surface area contributed by atoms with Crippen LogP contribution in [-0.4, -0.2) is 24.0 Å². The van der Waals surface area contributed by atoms with E-state index in [0.29, 0.717) is 13.0 Å². The summed E-state index contributed by atoms with van der Waals surface area (Å²) < 4.78 is 0. The number of hydrogen-bond acceptors (Lipinski definition) is 2. The Kier molecular flexibility index (Phi) is 3.77. The number of aromatic nitrogens is 1. The summed E-state index contributed by atoms with van der Waals surface area (Å²) in [7, 11) is 0. The molecule has 1 aromatic heterocycles. The zero-order valence-electron chi connectivity index (χ0n) is 9.70. The summed E-state index contributed by atoms with van der Waals surface area (Å²) in [5, 5.41) is 4.47. The van der Waals surface area contributed by atoms with Crippen LogP contribution in [0.1, 0.15) is 12.0 Å². The predicted octanol–water partition coefficient (Wildman–Crippen LogP) is 1.18. The molecule has 0 bridgehead atoms. The van der Waals surface area contributed by atoms with Gasteiger partial charge >= 0.3 is 0 Å². The third-order valence-electron chi connectivity index (χ3n) is 2.79. The SMILES string of the molecule is NC(=O)CCNCCc1c[nH]c2ccccc12. The number of benzene rings is 1. The summed E-state index contributed by atoms with van der Waals surface area (Å²) in [6.07, 6.45) is 3.39. The molecule has 0 atom stereocenters. The van der Waals surface area contributed by atoms with E-state index in [1.165, 1.54) is 16.5 Å². The number of nitrogens with two attached hydrogens (primary N) is 1. The third-order valence-corrected chi connectivity index (χ3v) is 2.79. The first kappa shape index (κ1) is 11.7. The maximum absolute atomic E-state index is 10.5. The van der Waals surface area contributed by atoms with Crippen molar-refractivity contribution in [1.29, 1.82) is 0 Å². The normalized spacial score (nSPS) is 10.8. The van der Waals surface area contributed by atoms with E-state index in [-0.39, 0.29) is 5.91 Å². The lowest BCUT2D eigenvalue weighted by atomic mass is 10.1. The zero-order valence-corrected chi connectivity index (χ0v) is 9.70. The molecule has 0 aliphatic carbocycles. The fourth-order valence-electron chi connectivity index (χ4n) is 1.90. The second-order valence-corrected chi connectivity index (χ2v) is 4.08. The van der Waals surface area contributed by atoms with E-state index in [4.69, 9.17) is 5.73 Å². The highest BCUT2D eigenvalue weighted by Gasteiger charge is 2.02. The van der Waals surface area contributed by atoms with Crippen molar-refractivity contribution < 1.29 is 4.79 Å². The molecule has 2 rings (SSSR count). The van der Waals surface area contributed by atoms with Crippen molar-refractivity contribution in [3.8, 4) is 0 Å². The lowest BCUT2D eigenvalue weighted by Gasteiger charge is -2.02. The largest absolute Gasteiger partial charge is 0.370 e. The standard InChI is InChI=1S/C13H17N3O/c14-13(17)6-8-15-7-5-10-9-16-12-4-2-1-3-11(10)12/h1-4,9,15-16H,5-8H2,(H2,14,17). The van der Waals surface area contributed by atoms with E-state index in [1.54, 1.807) is 0 Å². The van der Waals surface area contributed by atoms with E-state index in [1.807, 2.05) is 18.3 Å². The van der Waals surface area contributed by atoms with Crippen molar-refractivity contribution in [3.05, 3.63) is 36.0 Å². The van der Waals surface area contributed by atoms with E-state index >= 15 is 0 Å². The Bertz CT molecular complexity index is 504. The van der Waals surface area contributed by atoms with E-state index in [2.05, 4.69) is 22.4 Å². The number of nitrogens with one attached hydrogen (secondary N) is 2. The van der Waals surface area contributed by atoms with Crippen LogP contribution in [0.5, 0.6) is 0 Å². The van der Waals surface area contributed by atoms with Crippen LogP contribution < -0.4 is 11.1 Å². The topological polar surface area (TPSA) is 70.9 Å². The minimum atomic E-state index is -0.260. The summed E-state index contributed by atoms with van der Waals surface area (Å²) in [4.78, 5) is 13.8. The number of aromatic amines is 1. The highest BCUT2D eigenvalue weighted by atomic mass is 16.1. The molecule has 4 heteroatoms. The number of primary amides is 1. The molecule has 1 amide bonds. The fourth-order valence-corrected chi connectivity index (χ4v) is 1.90. The number of para-hydroxylation sites is 1. The molecular formula is C13H17N3O. The Morgan fingerprint density at radius 2 is 2.12 bits per heavy atom. The van der Waals surface area contributed by atoms with Gasteiger partial charge in [0.15, 0.2) is 0 Å². The van der Waals surface area contributed by atoms with E-state index in [0.717, 1.165) is 13.0 Å². The molecule has 2 aromatic rings. The lowest BCUT2D eigenvalue weighted by molar-refractivity contribution is -0.117. The molecule has 4 nitrogen and oxygen atoms in total. The number of rotatable bonds is 6. The van der Waals surface area contributed by atoms with Crippen molar-refractivity contribution in [1.82, 2.24) is 10.3 Å². The average Bonchev–Trinajstić information content (AvgIpc) is 2.72. The molecule has 0 fully saturated rings. The number of hydrogen-bond donors (Lipinski definition) is 3. The van der Waals surface area contributed by atoms with Crippen LogP contribution in [0, 0.1) is 0 Å². The molecular weight excluding hydrogens is 214 g/mol. The second kappa shape index (κ2) is 5.50. The van der Waals surface area contributed by atoms with Gasteiger partial charge in [-0.1, -0.05) is 18.2 Å². The van der Waals surface area contributed by atoms with Gasteiger partial charge in [0.1, 0.15) is 0 Å². The number of amides is 1. The Hall–Kier alpha value is -1.81. The molecule has 1 aromatic carbocycles. The van der Waals surface area contributed by atoms with Gasteiger partial charge < -0.3 is 16.0 Å². The van der Waals surface area contributed by atoms with Crippen LogP contribution in [0.4, 0.5) is 0 Å². The van der Waals surface area contributed by atoms with Gasteiger partial charge in [-0.15, -0.1) is 0 Å². The van der Waals surface area contributed by atoms with E-state index < -0.39 is 0 Å². The van der Waals surface area contributed by atoms with Crippen LogP contribution in [0.2, 0.25) is 0 Å². The Morgan fingerprint density at radius 3 is 2.94 bits per heavy atom. The highest BCUT2D eigenvalue weighted by Crippen LogP contribution is 2.17. The summed E-state index contributed by atoms with van der Waals surface area (Å²) >= 11 is 0. The monoisotopic (exact) mass is 231 g/mol. The quantitative estimate of drug-likeness (QED) is 0.653. The average molecular weight is 231 g/mol. The number of carbonyl (C=O) groups excluding carboxylic acids is 1. The number of H-pyrrole nitrogens is 1. The van der Waals surface area contributed by atoms with Gasteiger partial charge in [0.2, 0.25) is 5.91 Å². The van der Waals surface area contributed by atoms with Crippen LogP contribution in [0.15, 0.2) is 30.5 Å². The van der Waals surface area contributed by atoms with Crippen LogP contribution in [0.25, 0.3) is 10.9 Å². The van der Waals surface area contributed by atoms with Crippen molar-refractivity contribution >= 4 is 16.8 Å². The Balaban J connectivity index is 1.85. The van der Waals surface area contributed by atoms with Crippen molar-refractivity contribution in [2.75, 3.05) is 13.1 Å². The summed E-state index contributed by atoms with van der Waals surface area (Å²) in [6, 6.07) is 8.25. The third kappa shape index (κ3) is 3.07. The predicted molar refractivity (Wildman–Crippen MR) is 68.7 cm³/mol. The minimum absolute atomic E-state index is 0.260. The van der Waals surface area contributed by atoms with Gasteiger partial charge in [0, 0.05) is 30.1 Å². The lowest BCUT2D eigenvalue weighted by Crippen LogP contribution is -2.23. The summed E-state index contributed by atoms with van der Waals surface area (Å²) in [5.74, 6) is -0.260. The minimum Gasteiger partial charge on any atom is -0.370 e. The Morgan fingerprint density at radius 1 is 1.29 bits per heavy atom. The molecule has 0 aliphatic rings. The van der Waals surface area contributed by atoms with Crippen molar-refractivity contribution in [2.24, 2.45) is 5.73 Å². The molecule has 4 N–H and O–H groups in total. The zero-order chi connectivity index (χ0) is 12.1. The van der Waals surface area contributed by atoms with Gasteiger partial charge in [0.05, 0.1) is 0 Å². The smallest absolute Gasteiger partial charge is 0.218 e. The highest BCUT2D eigenvalue weighted by molar-refractivity contribution is 5.83. The first-order valence-electron chi connectivity index (χ1n) is 5.81. The van der Waals surface area contributed by atoms with Crippen LogP contribution >= 0.6 is 0 Å². The molecule has 17 heavy (non-hydrogen) atoms. The Labute approximate surface area is 100 Å². The second-order valence-electron chi connectivity index (χ2n) is 4.08.